The fourth-order valence-electron chi connectivity index (χ4n) is 9.32. The van der Waals surface area contributed by atoms with Crippen molar-refractivity contribution in [2.45, 2.75) is 71.9 Å². The van der Waals surface area contributed by atoms with E-state index in [1.165, 1.54) is 6.92 Å². The van der Waals surface area contributed by atoms with Crippen molar-refractivity contribution in [3.8, 4) is 0 Å². The molecule has 0 aromatic heterocycles. The standard InChI is InChI=1S/C22H30O6.C7H6O2.CH4O/c1-9-14(24)6-12-10(2)22-13-8-27-15(13)7-16(25)21(22,5)19(26)18(28-11(3)23)17(9)20(12,22)4;8-7(9)6-4-2-1-3-5-6;1-2/h10,12-16,18,24-25H,6-8H2,1-5H3;1-5H,(H,8,9);2H,1H3/t10?,12?,13-,14+,15-,16+,18-,20-,21+,22?;;/m1../s1. The Bertz CT molecular complexity index is 1180. The van der Waals surface area contributed by atoms with Gasteiger partial charge in [0.2, 0.25) is 0 Å². The molecule has 4 aliphatic carbocycles. The topological polar surface area (TPSA) is 151 Å². The zero-order valence-corrected chi connectivity index (χ0v) is 23.4. The molecular weight excluding hydrogens is 504 g/mol. The lowest BCUT2D eigenvalue weighted by Gasteiger charge is -2.83. The minimum Gasteiger partial charge on any atom is -0.478 e. The number of fused-ring (bicyclic) bond motifs is 1. The van der Waals surface area contributed by atoms with Crippen LogP contribution in [0.3, 0.4) is 0 Å². The average Bonchev–Trinajstić information content (AvgIpc) is 2.90. The summed E-state index contributed by atoms with van der Waals surface area (Å²) in [7, 11) is 1.00. The van der Waals surface area contributed by atoms with E-state index in [2.05, 4.69) is 13.8 Å². The van der Waals surface area contributed by atoms with E-state index >= 15 is 0 Å². The number of aliphatic hydroxyl groups excluding tert-OH is 3. The summed E-state index contributed by atoms with van der Waals surface area (Å²) >= 11 is 0. The van der Waals surface area contributed by atoms with Crippen molar-refractivity contribution in [1.82, 2.24) is 0 Å². The first-order valence-electron chi connectivity index (χ1n) is 13.5. The Kier molecular flexibility index (Phi) is 7.62. The number of carbonyl (C=O) groups is 3. The van der Waals surface area contributed by atoms with Gasteiger partial charge in [0, 0.05) is 37.2 Å². The van der Waals surface area contributed by atoms with E-state index in [4.69, 9.17) is 19.7 Å². The Morgan fingerprint density at radius 2 is 1.64 bits per heavy atom. The van der Waals surface area contributed by atoms with Gasteiger partial charge in [-0.3, -0.25) is 9.59 Å². The first kappa shape index (κ1) is 29.4. The summed E-state index contributed by atoms with van der Waals surface area (Å²) in [5.74, 6) is -1.08. The molecule has 0 radical (unpaired) electrons. The first-order chi connectivity index (χ1) is 18.3. The van der Waals surface area contributed by atoms with Crippen LogP contribution >= 0.6 is 0 Å². The molecule has 4 fully saturated rings. The van der Waals surface area contributed by atoms with Gasteiger partial charge in [0.15, 0.2) is 11.9 Å². The molecule has 1 aromatic rings. The highest BCUT2D eigenvalue weighted by atomic mass is 16.5. The molecule has 1 saturated heterocycles. The number of benzene rings is 1. The maximum Gasteiger partial charge on any atom is 0.335 e. The Balaban J connectivity index is 0.000000272. The van der Waals surface area contributed by atoms with Crippen LogP contribution in [0.2, 0.25) is 0 Å². The molecule has 5 aliphatic rings. The van der Waals surface area contributed by atoms with E-state index in [-0.39, 0.29) is 29.6 Å². The van der Waals surface area contributed by atoms with Gasteiger partial charge in [0.1, 0.15) is 0 Å². The van der Waals surface area contributed by atoms with Crippen molar-refractivity contribution >= 4 is 17.7 Å². The van der Waals surface area contributed by atoms with Crippen LogP contribution in [0.5, 0.6) is 0 Å². The lowest BCUT2D eigenvalue weighted by Crippen LogP contribution is -2.86. The molecule has 0 amide bonds. The lowest BCUT2D eigenvalue weighted by molar-refractivity contribution is -0.374. The second-order valence-corrected chi connectivity index (χ2v) is 11.8. The van der Waals surface area contributed by atoms with Gasteiger partial charge in [0.05, 0.1) is 35.9 Å². The van der Waals surface area contributed by atoms with E-state index in [9.17, 15) is 24.6 Å². The van der Waals surface area contributed by atoms with E-state index < -0.39 is 46.5 Å². The Morgan fingerprint density at radius 1 is 1.03 bits per heavy atom. The number of rotatable bonds is 2. The average molecular weight is 545 g/mol. The van der Waals surface area contributed by atoms with E-state index in [0.29, 0.717) is 25.0 Å². The van der Waals surface area contributed by atoms with Crippen molar-refractivity contribution in [3.63, 3.8) is 0 Å². The second kappa shape index (κ2) is 10.1. The van der Waals surface area contributed by atoms with Crippen molar-refractivity contribution < 1.29 is 44.3 Å². The molecule has 9 heteroatoms. The molecule has 39 heavy (non-hydrogen) atoms. The summed E-state index contributed by atoms with van der Waals surface area (Å²) in [5, 5.41) is 37.4. The predicted octanol–water partition coefficient (Wildman–Crippen LogP) is 2.62. The van der Waals surface area contributed by atoms with Gasteiger partial charge in [-0.05, 0) is 55.4 Å². The molecule has 6 rings (SSSR count). The highest BCUT2D eigenvalue weighted by Gasteiger charge is 2.87. The molecule has 10 atom stereocenters. The van der Waals surface area contributed by atoms with Crippen molar-refractivity contribution in [2.24, 2.45) is 34.0 Å². The molecule has 0 bridgehead atoms. The quantitative estimate of drug-likeness (QED) is 0.325. The zero-order valence-electron chi connectivity index (χ0n) is 23.4. The number of hydrogen-bond acceptors (Lipinski definition) is 8. The summed E-state index contributed by atoms with van der Waals surface area (Å²) in [4.78, 5) is 36.0. The zero-order chi connectivity index (χ0) is 29.1. The Labute approximate surface area is 228 Å². The Hall–Kier alpha value is -2.59. The van der Waals surface area contributed by atoms with E-state index in [0.717, 1.165) is 18.3 Å². The highest BCUT2D eigenvalue weighted by molar-refractivity contribution is 5.97. The van der Waals surface area contributed by atoms with Gasteiger partial charge in [0.25, 0.3) is 0 Å². The van der Waals surface area contributed by atoms with Crippen LogP contribution in [-0.2, 0) is 19.1 Å². The number of Topliss-reactive ketones (excluding diaryl/α,β-unsaturated/α-hetero) is 1. The molecule has 214 valence electrons. The van der Waals surface area contributed by atoms with E-state index in [1.54, 1.807) is 30.3 Å². The number of carboxylic acids is 1. The molecule has 1 heterocycles. The summed E-state index contributed by atoms with van der Waals surface area (Å²) in [6.45, 7) is 10.0. The molecule has 9 nitrogen and oxygen atoms in total. The summed E-state index contributed by atoms with van der Waals surface area (Å²) in [6.07, 6.45) is -1.46. The third-order valence-corrected chi connectivity index (χ3v) is 10.7. The SMILES string of the molecule is CC(=O)O[C@H]1C(=O)[C@]2(C)[C@@H](O)C[C@H]3OC[C@H]3C23C(C)C2C[C@H](O)C(C)=C1[C@@]23C.CO.O=C(O)c1ccccc1. The van der Waals surface area contributed by atoms with Gasteiger partial charge < -0.3 is 29.9 Å². The number of aromatic carboxylic acids is 1. The third kappa shape index (κ3) is 3.63. The smallest absolute Gasteiger partial charge is 0.335 e. The number of carboxylic acid groups (broad SMARTS) is 1. The highest BCUT2D eigenvalue weighted by Crippen LogP contribution is 2.84. The van der Waals surface area contributed by atoms with Gasteiger partial charge in [-0.2, -0.15) is 0 Å². The van der Waals surface area contributed by atoms with Crippen LogP contribution < -0.4 is 0 Å². The fourth-order valence-corrected chi connectivity index (χ4v) is 9.32. The number of esters is 1. The minimum atomic E-state index is -1.03. The molecule has 3 unspecified atom stereocenters. The normalized spacial score (nSPS) is 42.9. The number of carbonyl (C=O) groups excluding carboxylic acids is 2. The Morgan fingerprint density at radius 3 is 2.13 bits per heavy atom. The molecule has 1 aromatic carbocycles. The molecule has 3 saturated carbocycles. The number of ketones is 1. The van der Waals surface area contributed by atoms with Crippen LogP contribution in [0.15, 0.2) is 41.5 Å². The van der Waals surface area contributed by atoms with Gasteiger partial charge in [-0.15, -0.1) is 0 Å². The lowest BCUT2D eigenvalue weighted by atomic mass is 9.21. The maximum absolute atomic E-state index is 13.9. The molecule has 1 aliphatic heterocycles. The third-order valence-electron chi connectivity index (χ3n) is 10.7. The first-order valence-corrected chi connectivity index (χ1v) is 13.5. The maximum atomic E-state index is 13.9. The molecular formula is C30H40O9. The van der Waals surface area contributed by atoms with Crippen molar-refractivity contribution in [2.75, 3.05) is 13.7 Å². The van der Waals surface area contributed by atoms with Crippen LogP contribution in [0.4, 0.5) is 0 Å². The summed E-state index contributed by atoms with van der Waals surface area (Å²) < 4.78 is 11.4. The van der Waals surface area contributed by atoms with Gasteiger partial charge >= 0.3 is 11.9 Å². The molecule has 1 spiro atoms. The van der Waals surface area contributed by atoms with E-state index in [1.807, 2.05) is 13.8 Å². The minimum absolute atomic E-state index is 0.0326. The largest absolute Gasteiger partial charge is 0.478 e. The monoisotopic (exact) mass is 544 g/mol. The van der Waals surface area contributed by atoms with Crippen LogP contribution in [-0.4, -0.2) is 76.3 Å². The van der Waals surface area contributed by atoms with Crippen molar-refractivity contribution in [1.29, 1.82) is 0 Å². The molecule has 4 N–H and O–H groups in total. The number of aliphatic hydroxyl groups is 3. The second-order valence-electron chi connectivity index (χ2n) is 11.8. The van der Waals surface area contributed by atoms with Crippen LogP contribution in [0.1, 0.15) is 57.8 Å². The summed E-state index contributed by atoms with van der Waals surface area (Å²) in [5.41, 5.74) is 0.00437. The number of ether oxygens (including phenoxy) is 2. The van der Waals surface area contributed by atoms with Crippen LogP contribution in [0.25, 0.3) is 0 Å². The number of hydrogen-bond donors (Lipinski definition) is 4. The van der Waals surface area contributed by atoms with Gasteiger partial charge in [-0.1, -0.05) is 32.0 Å². The van der Waals surface area contributed by atoms with Crippen molar-refractivity contribution in [3.05, 3.63) is 47.0 Å². The fraction of sp³-hybridized carbons (Fsp3) is 0.633. The summed E-state index contributed by atoms with van der Waals surface area (Å²) in [6, 6.07) is 8.30. The predicted molar refractivity (Wildman–Crippen MR) is 141 cm³/mol. The van der Waals surface area contributed by atoms with Crippen LogP contribution in [0, 0.1) is 34.0 Å². The van der Waals surface area contributed by atoms with Gasteiger partial charge in [-0.25, -0.2) is 4.79 Å².